The maximum Gasteiger partial charge on any atom is 0.225 e. The van der Waals surface area contributed by atoms with E-state index in [1.807, 2.05) is 30.0 Å². The van der Waals surface area contributed by atoms with Gasteiger partial charge in [0, 0.05) is 42.2 Å². The van der Waals surface area contributed by atoms with Crippen molar-refractivity contribution in [3.63, 3.8) is 0 Å². The topological polar surface area (TPSA) is 124 Å². The molecule has 40 heavy (non-hydrogen) atoms. The van der Waals surface area contributed by atoms with Crippen molar-refractivity contribution >= 4 is 43.3 Å². The molecule has 0 aliphatic carbocycles. The normalized spacial score (nSPS) is 15.0. The van der Waals surface area contributed by atoms with E-state index in [0.717, 1.165) is 49.0 Å². The lowest BCUT2D eigenvalue weighted by Crippen LogP contribution is -2.33. The number of likely N-dealkylation sites (N-methyl/N-ethyl adjacent to an activating group) is 1. The quantitative estimate of drug-likeness (QED) is 0.364. The van der Waals surface area contributed by atoms with E-state index in [9.17, 15) is 9.65 Å². The van der Waals surface area contributed by atoms with Crippen molar-refractivity contribution in [2.75, 3.05) is 44.4 Å². The number of aromatic nitrogens is 3. The third-order valence-corrected chi connectivity index (χ3v) is 7.85. The number of nitrogens with zero attached hydrogens (tertiary/aromatic N) is 6. The second kappa shape index (κ2) is 10.8. The summed E-state index contributed by atoms with van der Waals surface area (Å²) in [6, 6.07) is 2.02. The van der Waals surface area contributed by atoms with Crippen molar-refractivity contribution in [3.05, 3.63) is 40.7 Å². The molecule has 0 atom stereocenters. The molecule has 0 bridgehead atoms. The highest BCUT2D eigenvalue weighted by molar-refractivity contribution is 7.23. The molecule has 4 aromatic rings. The summed E-state index contributed by atoms with van der Waals surface area (Å²) in [6.45, 7) is 6.43. The second-order valence-electron chi connectivity index (χ2n) is 10.9. The summed E-state index contributed by atoms with van der Waals surface area (Å²) in [7, 11) is 3.88. The maximum absolute atomic E-state index is 16.1. The van der Waals surface area contributed by atoms with Crippen LogP contribution in [0, 0.1) is 23.0 Å². The average Bonchev–Trinajstić information content (AvgIpc) is 3.64. The summed E-state index contributed by atoms with van der Waals surface area (Å²) in [5.74, 6) is -0.704. The van der Waals surface area contributed by atoms with E-state index in [0.29, 0.717) is 23.4 Å². The van der Waals surface area contributed by atoms with E-state index in [4.69, 9.17) is 15.6 Å². The average molecular weight is 568 g/mol. The van der Waals surface area contributed by atoms with Gasteiger partial charge in [-0.1, -0.05) is 0 Å². The fourth-order valence-electron chi connectivity index (χ4n) is 5.38. The van der Waals surface area contributed by atoms with Crippen molar-refractivity contribution in [2.45, 2.75) is 45.5 Å². The molecule has 0 spiro atoms. The van der Waals surface area contributed by atoms with Gasteiger partial charge in [-0.3, -0.25) is 4.98 Å². The molecule has 0 unspecified atom stereocenters. The Morgan fingerprint density at radius 1 is 1.18 bits per heavy atom. The molecule has 1 saturated heterocycles. The fraction of sp³-hybridized carbons (Fsp3) is 0.429. The van der Waals surface area contributed by atoms with Crippen LogP contribution >= 0.6 is 11.3 Å². The Balaban J connectivity index is 0.000000355. The van der Waals surface area contributed by atoms with E-state index in [2.05, 4.69) is 15.0 Å². The Hall–Kier alpha value is -3.50. The second-order valence-corrected chi connectivity index (χ2v) is 12.0. The van der Waals surface area contributed by atoms with Gasteiger partial charge in [0.1, 0.15) is 16.6 Å². The van der Waals surface area contributed by atoms with Gasteiger partial charge in [-0.25, -0.2) is 18.7 Å². The minimum atomic E-state index is -0.602. The summed E-state index contributed by atoms with van der Waals surface area (Å²) < 4.78 is 36.5. The molecule has 2 aliphatic rings. The third kappa shape index (κ3) is 5.17. The van der Waals surface area contributed by atoms with Crippen LogP contribution in [0.25, 0.3) is 32.2 Å². The predicted molar refractivity (Wildman–Crippen MR) is 152 cm³/mol. The van der Waals surface area contributed by atoms with Crippen LogP contribution in [-0.4, -0.2) is 64.3 Å². The number of nitrogens with two attached hydrogens (primary N) is 1. The van der Waals surface area contributed by atoms with E-state index in [1.54, 1.807) is 20.0 Å². The monoisotopic (exact) mass is 567 g/mol. The van der Waals surface area contributed by atoms with Gasteiger partial charge in [-0.2, -0.15) is 5.26 Å². The Morgan fingerprint density at radius 2 is 1.88 bits per heavy atom. The van der Waals surface area contributed by atoms with E-state index >= 15 is 4.39 Å². The Kier molecular flexibility index (Phi) is 7.58. The highest BCUT2D eigenvalue weighted by Crippen LogP contribution is 2.45. The molecule has 0 amide bonds. The van der Waals surface area contributed by atoms with Gasteiger partial charge in [0.05, 0.1) is 41.0 Å². The van der Waals surface area contributed by atoms with Gasteiger partial charge in [0.15, 0.2) is 11.6 Å². The number of rotatable bonds is 4. The van der Waals surface area contributed by atoms with Gasteiger partial charge >= 0.3 is 0 Å². The van der Waals surface area contributed by atoms with E-state index < -0.39 is 17.2 Å². The zero-order valence-electron chi connectivity index (χ0n) is 22.9. The minimum Gasteiger partial charge on any atom is -0.389 e. The number of thiophene rings is 1. The summed E-state index contributed by atoms with van der Waals surface area (Å²) in [4.78, 5) is 17.2. The highest BCUT2D eigenvalue weighted by Gasteiger charge is 2.30. The summed E-state index contributed by atoms with van der Waals surface area (Å²) >= 11 is 0.955. The zero-order chi connectivity index (χ0) is 28.8. The van der Waals surface area contributed by atoms with Crippen LogP contribution in [-0.2, 0) is 18.0 Å². The van der Waals surface area contributed by atoms with Crippen LogP contribution in [0.3, 0.4) is 0 Å². The van der Waals surface area contributed by atoms with Crippen LogP contribution in [0.2, 0.25) is 0 Å². The molecule has 6 rings (SSSR count). The molecule has 3 N–H and O–H groups in total. The van der Waals surface area contributed by atoms with Gasteiger partial charge in [0.2, 0.25) is 5.95 Å². The lowest BCUT2D eigenvalue weighted by molar-refractivity contribution is 0.0519. The summed E-state index contributed by atoms with van der Waals surface area (Å²) in [5, 5.41) is 19.8. The molecule has 0 radical (unpaired) electrons. The number of aliphatic hydroxyl groups is 1. The largest absolute Gasteiger partial charge is 0.389 e. The first-order valence-electron chi connectivity index (χ1n) is 13.0. The molecule has 1 fully saturated rings. The van der Waals surface area contributed by atoms with Gasteiger partial charge in [0.25, 0.3) is 0 Å². The number of hydrogen-bond acceptors (Lipinski definition) is 10. The smallest absolute Gasteiger partial charge is 0.225 e. The van der Waals surface area contributed by atoms with Crippen molar-refractivity contribution in [1.29, 1.82) is 5.26 Å². The molecule has 5 heterocycles. The number of pyridine rings is 1. The van der Waals surface area contributed by atoms with E-state index in [1.165, 1.54) is 0 Å². The number of nitrogen functional groups attached to an aromatic ring is 1. The van der Waals surface area contributed by atoms with Gasteiger partial charge in [-0.15, -0.1) is 11.3 Å². The number of benzene rings is 1. The number of ether oxygens (including phenoxy) is 1. The predicted octanol–water partition coefficient (Wildman–Crippen LogP) is 4.59. The SMILES string of the molecule is CN(C)CC(C)(C)O.N#Cc1c(N)sc2c(F)cnc(-c3c4c(c5cnc(N6CCCC6)nc5c3F)COC4)c12. The van der Waals surface area contributed by atoms with Crippen LogP contribution in [0.4, 0.5) is 19.7 Å². The molecular formula is C28H31F2N7O2S. The maximum atomic E-state index is 16.1. The molecule has 1 aromatic carbocycles. The molecular weight excluding hydrogens is 536 g/mol. The first-order valence-corrected chi connectivity index (χ1v) is 13.8. The third-order valence-electron chi connectivity index (χ3n) is 6.82. The first kappa shape index (κ1) is 28.0. The molecule has 9 nitrogen and oxygen atoms in total. The number of halogens is 2. The number of fused-ring (bicyclic) bond motifs is 4. The van der Waals surface area contributed by atoms with Crippen LogP contribution in [0.5, 0.6) is 0 Å². The minimum absolute atomic E-state index is 0.0969. The van der Waals surface area contributed by atoms with Crippen molar-refractivity contribution in [3.8, 4) is 17.3 Å². The van der Waals surface area contributed by atoms with Crippen LogP contribution < -0.4 is 10.6 Å². The van der Waals surface area contributed by atoms with Crippen LogP contribution in [0.1, 0.15) is 43.4 Å². The standard InChI is InChI=1S/C22H16F2N6OS.C6H15NO/c23-14-7-27-19(16-10(5-25)21(26)32-20(14)16)15-13-9-31-8-12(13)11-6-28-22(29-18(11)17(15)24)30-3-1-2-4-30;1-6(2,8)5-7(3)4/h6-7H,1-4,8-9,26H2;8H,5H2,1-4H3. The molecule has 0 saturated carbocycles. The van der Waals surface area contributed by atoms with Crippen molar-refractivity contribution < 1.29 is 18.6 Å². The molecule has 2 aliphatic heterocycles. The Bertz CT molecular complexity index is 1640. The summed E-state index contributed by atoms with van der Waals surface area (Å²) in [5.41, 5.74) is 7.43. The zero-order valence-corrected chi connectivity index (χ0v) is 23.7. The molecule has 210 valence electrons. The number of hydrogen-bond donors (Lipinski definition) is 2. The first-order chi connectivity index (χ1) is 19.0. The lowest BCUT2D eigenvalue weighted by atomic mass is 9.94. The Labute approximate surface area is 234 Å². The van der Waals surface area contributed by atoms with Crippen molar-refractivity contribution in [2.24, 2.45) is 0 Å². The summed E-state index contributed by atoms with van der Waals surface area (Å²) in [6.07, 6.45) is 4.77. The van der Waals surface area contributed by atoms with Gasteiger partial charge in [-0.05, 0) is 51.9 Å². The molecule has 3 aromatic heterocycles. The van der Waals surface area contributed by atoms with Crippen LogP contribution in [0.15, 0.2) is 12.4 Å². The Morgan fingerprint density at radius 3 is 2.50 bits per heavy atom. The highest BCUT2D eigenvalue weighted by atomic mass is 32.1. The molecule has 12 heteroatoms. The van der Waals surface area contributed by atoms with Gasteiger partial charge < -0.3 is 25.4 Å². The van der Waals surface area contributed by atoms with E-state index in [-0.39, 0.29) is 50.6 Å². The number of nitriles is 1. The fourth-order valence-corrected chi connectivity index (χ4v) is 6.30. The lowest BCUT2D eigenvalue weighted by Gasteiger charge is -2.21. The van der Waals surface area contributed by atoms with Crippen molar-refractivity contribution in [1.82, 2.24) is 19.9 Å². The number of anilines is 2.